The van der Waals surface area contributed by atoms with E-state index in [-0.39, 0.29) is 11.7 Å². The third-order valence-electron chi connectivity index (χ3n) is 3.10. The van der Waals surface area contributed by atoms with Crippen molar-refractivity contribution >= 4 is 38.7 Å². The summed E-state index contributed by atoms with van der Waals surface area (Å²) in [6, 6.07) is 7.36. The molecule has 3 aromatic rings. The molecule has 0 aliphatic carbocycles. The summed E-state index contributed by atoms with van der Waals surface area (Å²) >= 11 is 4.88. The number of hydrogen-bond donors (Lipinski definition) is 0. The zero-order valence-electron chi connectivity index (χ0n) is 12.0. The van der Waals surface area contributed by atoms with Crippen LogP contribution in [-0.2, 0) is 5.75 Å². The van der Waals surface area contributed by atoms with E-state index < -0.39 is 0 Å². The SMILES string of the molecule is CC(C)n1nnnc1SCc1cc(=O)oc2cc(Br)ccc12. The van der Waals surface area contributed by atoms with Crippen LogP contribution < -0.4 is 5.63 Å². The fourth-order valence-electron chi connectivity index (χ4n) is 2.07. The van der Waals surface area contributed by atoms with Gasteiger partial charge in [-0.25, -0.2) is 9.48 Å². The molecule has 0 saturated heterocycles. The van der Waals surface area contributed by atoms with Gasteiger partial charge in [-0.3, -0.25) is 0 Å². The second-order valence-corrected chi connectivity index (χ2v) is 6.88. The third-order valence-corrected chi connectivity index (χ3v) is 4.58. The Balaban J connectivity index is 1.94. The molecule has 2 heterocycles. The van der Waals surface area contributed by atoms with E-state index >= 15 is 0 Å². The Labute approximate surface area is 139 Å². The first-order valence-electron chi connectivity index (χ1n) is 6.67. The maximum Gasteiger partial charge on any atom is 0.336 e. The Kier molecular flexibility index (Phi) is 4.30. The lowest BCUT2D eigenvalue weighted by Gasteiger charge is -2.08. The van der Waals surface area contributed by atoms with Crippen molar-refractivity contribution in [2.45, 2.75) is 30.8 Å². The van der Waals surface area contributed by atoms with Crippen LogP contribution in [0.3, 0.4) is 0 Å². The van der Waals surface area contributed by atoms with E-state index in [2.05, 4.69) is 31.5 Å². The number of fused-ring (bicyclic) bond motifs is 1. The lowest BCUT2D eigenvalue weighted by molar-refractivity contribution is 0.477. The molecule has 0 aliphatic heterocycles. The summed E-state index contributed by atoms with van der Waals surface area (Å²) in [6.07, 6.45) is 0. The van der Waals surface area contributed by atoms with E-state index in [1.165, 1.54) is 17.8 Å². The maximum absolute atomic E-state index is 11.7. The minimum absolute atomic E-state index is 0.186. The number of benzene rings is 1. The van der Waals surface area contributed by atoms with Crippen LogP contribution in [0.1, 0.15) is 25.5 Å². The highest BCUT2D eigenvalue weighted by Gasteiger charge is 2.12. The minimum atomic E-state index is -0.357. The minimum Gasteiger partial charge on any atom is -0.423 e. The van der Waals surface area contributed by atoms with Gasteiger partial charge in [0.25, 0.3) is 0 Å². The molecule has 0 spiro atoms. The van der Waals surface area contributed by atoms with E-state index in [1.807, 2.05) is 26.0 Å². The summed E-state index contributed by atoms with van der Waals surface area (Å²) in [4.78, 5) is 11.7. The van der Waals surface area contributed by atoms with Crippen molar-refractivity contribution in [1.82, 2.24) is 20.2 Å². The maximum atomic E-state index is 11.7. The predicted molar refractivity (Wildman–Crippen MR) is 87.9 cm³/mol. The molecule has 6 nitrogen and oxygen atoms in total. The highest BCUT2D eigenvalue weighted by atomic mass is 79.9. The second-order valence-electron chi connectivity index (χ2n) is 5.02. The van der Waals surface area contributed by atoms with Gasteiger partial charge in [0, 0.05) is 21.7 Å². The molecular weight excluding hydrogens is 368 g/mol. The summed E-state index contributed by atoms with van der Waals surface area (Å²) in [5, 5.41) is 13.3. The quantitative estimate of drug-likeness (QED) is 0.509. The van der Waals surface area contributed by atoms with E-state index in [0.717, 1.165) is 20.6 Å². The molecule has 0 saturated carbocycles. The first kappa shape index (κ1) is 15.2. The van der Waals surface area contributed by atoms with Crippen LogP contribution in [0.4, 0.5) is 0 Å². The molecule has 0 amide bonds. The zero-order valence-corrected chi connectivity index (χ0v) is 14.4. The molecular formula is C14H13BrN4O2S. The monoisotopic (exact) mass is 380 g/mol. The van der Waals surface area contributed by atoms with E-state index in [0.29, 0.717) is 11.3 Å². The Morgan fingerprint density at radius 3 is 2.95 bits per heavy atom. The van der Waals surface area contributed by atoms with Gasteiger partial charge in [0.1, 0.15) is 5.58 Å². The smallest absolute Gasteiger partial charge is 0.336 e. The summed E-state index contributed by atoms with van der Waals surface area (Å²) < 4.78 is 7.87. The lowest BCUT2D eigenvalue weighted by atomic mass is 10.1. The van der Waals surface area contributed by atoms with Crippen LogP contribution in [-0.4, -0.2) is 20.2 Å². The Bertz CT molecular complexity index is 875. The van der Waals surface area contributed by atoms with E-state index in [4.69, 9.17) is 4.42 Å². The molecule has 0 unspecified atom stereocenters. The molecule has 3 rings (SSSR count). The highest BCUT2D eigenvalue weighted by Crippen LogP contribution is 2.27. The van der Waals surface area contributed by atoms with Crippen molar-refractivity contribution in [3.63, 3.8) is 0 Å². The van der Waals surface area contributed by atoms with Gasteiger partial charge in [0.15, 0.2) is 0 Å². The average Bonchev–Trinajstić information content (AvgIpc) is 2.92. The fourth-order valence-corrected chi connectivity index (χ4v) is 3.41. The molecule has 0 N–H and O–H groups in total. The number of rotatable bonds is 4. The van der Waals surface area contributed by atoms with Gasteiger partial charge in [-0.05, 0) is 48.0 Å². The first-order valence-corrected chi connectivity index (χ1v) is 8.45. The predicted octanol–water partition coefficient (Wildman–Crippen LogP) is 3.42. The molecule has 0 aliphatic rings. The number of aromatic nitrogens is 4. The molecule has 1 aromatic carbocycles. The summed E-state index contributed by atoms with van der Waals surface area (Å²) in [7, 11) is 0. The molecule has 22 heavy (non-hydrogen) atoms. The van der Waals surface area contributed by atoms with Crippen molar-refractivity contribution in [1.29, 1.82) is 0 Å². The average molecular weight is 381 g/mol. The molecule has 0 atom stereocenters. The Morgan fingerprint density at radius 1 is 1.36 bits per heavy atom. The lowest BCUT2D eigenvalue weighted by Crippen LogP contribution is -2.05. The number of nitrogens with zero attached hydrogens (tertiary/aromatic N) is 4. The van der Waals surface area contributed by atoms with E-state index in [1.54, 1.807) is 10.7 Å². The fraction of sp³-hybridized carbons (Fsp3) is 0.286. The summed E-state index contributed by atoms with van der Waals surface area (Å²) in [5.41, 5.74) is 1.12. The summed E-state index contributed by atoms with van der Waals surface area (Å²) in [5.74, 6) is 0.594. The standard InChI is InChI=1S/C14H13BrN4O2S/c1-8(2)19-14(16-17-18-19)22-7-9-5-13(20)21-12-6-10(15)3-4-11(9)12/h3-6,8H,7H2,1-2H3. The summed E-state index contributed by atoms with van der Waals surface area (Å²) in [6.45, 7) is 4.04. The van der Waals surface area contributed by atoms with Gasteiger partial charge in [-0.15, -0.1) is 5.10 Å². The highest BCUT2D eigenvalue weighted by molar-refractivity contribution is 9.10. The molecule has 2 aromatic heterocycles. The zero-order chi connectivity index (χ0) is 15.7. The number of tetrazole rings is 1. The largest absolute Gasteiger partial charge is 0.423 e. The number of hydrogen-bond acceptors (Lipinski definition) is 6. The van der Waals surface area contributed by atoms with Crippen LogP contribution >= 0.6 is 27.7 Å². The van der Waals surface area contributed by atoms with Gasteiger partial charge in [0.05, 0.1) is 6.04 Å². The van der Waals surface area contributed by atoms with Gasteiger partial charge < -0.3 is 4.42 Å². The molecule has 0 radical (unpaired) electrons. The van der Waals surface area contributed by atoms with Crippen molar-refractivity contribution in [3.8, 4) is 0 Å². The topological polar surface area (TPSA) is 73.8 Å². The molecule has 0 bridgehead atoms. The Morgan fingerprint density at radius 2 is 2.18 bits per heavy atom. The van der Waals surface area contributed by atoms with Crippen molar-refractivity contribution in [2.24, 2.45) is 0 Å². The Hall–Kier alpha value is -1.67. The van der Waals surface area contributed by atoms with Gasteiger partial charge >= 0.3 is 5.63 Å². The molecule has 8 heteroatoms. The second kappa shape index (κ2) is 6.21. The van der Waals surface area contributed by atoms with Crippen molar-refractivity contribution in [3.05, 3.63) is 44.7 Å². The van der Waals surface area contributed by atoms with Crippen molar-refractivity contribution in [2.75, 3.05) is 0 Å². The van der Waals surface area contributed by atoms with Crippen LogP contribution in [0, 0.1) is 0 Å². The van der Waals surface area contributed by atoms with Gasteiger partial charge in [-0.2, -0.15) is 0 Å². The van der Waals surface area contributed by atoms with E-state index in [9.17, 15) is 4.79 Å². The van der Waals surface area contributed by atoms with Gasteiger partial charge in [0.2, 0.25) is 5.16 Å². The normalized spacial score (nSPS) is 11.5. The first-order chi connectivity index (χ1) is 10.5. The van der Waals surface area contributed by atoms with Crippen LogP contribution in [0.5, 0.6) is 0 Å². The molecule has 0 fully saturated rings. The van der Waals surface area contributed by atoms with Crippen LogP contribution in [0.15, 0.2) is 43.1 Å². The number of halogens is 1. The van der Waals surface area contributed by atoms with Crippen molar-refractivity contribution < 1.29 is 4.42 Å². The molecule has 114 valence electrons. The number of thioether (sulfide) groups is 1. The van der Waals surface area contributed by atoms with Gasteiger partial charge in [-0.1, -0.05) is 27.7 Å². The van der Waals surface area contributed by atoms with Crippen LogP contribution in [0.25, 0.3) is 11.0 Å². The third kappa shape index (κ3) is 3.07. The van der Waals surface area contributed by atoms with Crippen LogP contribution in [0.2, 0.25) is 0 Å².